The summed E-state index contributed by atoms with van der Waals surface area (Å²) in [5.74, 6) is 2.29. The van der Waals surface area contributed by atoms with Crippen LogP contribution < -0.4 is 5.56 Å². The monoisotopic (exact) mass is 380 g/mol. The minimum atomic E-state index is -0.0280. The van der Waals surface area contributed by atoms with Crippen molar-refractivity contribution in [1.82, 2.24) is 19.1 Å². The second kappa shape index (κ2) is 6.56. The number of carbonyl (C=O) groups excluding carboxylic acids is 1. The number of carbonyl (C=O) groups is 1. The van der Waals surface area contributed by atoms with Crippen LogP contribution >= 0.6 is 11.8 Å². The van der Waals surface area contributed by atoms with Crippen molar-refractivity contribution in [2.75, 3.05) is 18.8 Å². The average Bonchev–Trinajstić information content (AvgIpc) is 3.08. The summed E-state index contributed by atoms with van der Waals surface area (Å²) in [6.45, 7) is 1.93. The van der Waals surface area contributed by atoms with Crippen molar-refractivity contribution < 1.29 is 4.79 Å². The first kappa shape index (κ1) is 16.6. The molecular formula is C20H20N4O2S. The zero-order valence-electron chi connectivity index (χ0n) is 14.9. The number of nitrogens with zero attached hydrogens (tertiary/aromatic N) is 4. The number of thioether (sulfide) groups is 1. The molecule has 0 spiro atoms. The third kappa shape index (κ3) is 3.06. The van der Waals surface area contributed by atoms with E-state index in [2.05, 4.69) is 5.10 Å². The van der Waals surface area contributed by atoms with E-state index in [1.54, 1.807) is 10.7 Å². The zero-order valence-corrected chi connectivity index (χ0v) is 15.7. The van der Waals surface area contributed by atoms with Crippen LogP contribution in [0.4, 0.5) is 0 Å². The largest absolute Gasteiger partial charge is 0.338 e. The van der Waals surface area contributed by atoms with Crippen LogP contribution in [0.3, 0.4) is 0 Å². The lowest BCUT2D eigenvalue weighted by atomic mass is 9.99. The van der Waals surface area contributed by atoms with Gasteiger partial charge in [0, 0.05) is 55.2 Å². The number of hydrogen-bond acceptors (Lipinski definition) is 4. The van der Waals surface area contributed by atoms with E-state index < -0.39 is 0 Å². The summed E-state index contributed by atoms with van der Waals surface area (Å²) in [7, 11) is 0. The Kier molecular flexibility index (Phi) is 4.04. The van der Waals surface area contributed by atoms with Crippen LogP contribution in [0.2, 0.25) is 0 Å². The predicted octanol–water partition coefficient (Wildman–Crippen LogP) is 2.06. The number of rotatable bonds is 3. The average molecular weight is 380 g/mol. The van der Waals surface area contributed by atoms with Gasteiger partial charge in [-0.2, -0.15) is 16.9 Å². The Morgan fingerprint density at radius 2 is 2.15 bits per heavy atom. The first-order chi connectivity index (χ1) is 13.2. The highest BCUT2D eigenvalue weighted by Gasteiger charge is 2.32. The summed E-state index contributed by atoms with van der Waals surface area (Å²) in [6.07, 6.45) is 4.74. The lowest BCUT2D eigenvalue weighted by Crippen LogP contribution is -2.52. The number of amides is 1. The number of aryl methyl sites for hydroxylation is 1. The molecule has 27 heavy (non-hydrogen) atoms. The summed E-state index contributed by atoms with van der Waals surface area (Å²) in [5.41, 5.74) is 3.83. The second-order valence-electron chi connectivity index (χ2n) is 7.28. The van der Waals surface area contributed by atoms with Gasteiger partial charge in [-0.15, -0.1) is 0 Å². The van der Waals surface area contributed by atoms with Gasteiger partial charge in [0.25, 0.3) is 11.5 Å². The fourth-order valence-electron chi connectivity index (χ4n) is 3.83. The molecule has 3 aromatic heterocycles. The van der Waals surface area contributed by atoms with Crippen LogP contribution in [0.5, 0.6) is 0 Å². The quantitative estimate of drug-likeness (QED) is 0.698. The number of likely N-dealkylation sites (tertiary alicyclic amines) is 1. The van der Waals surface area contributed by atoms with Crippen molar-refractivity contribution in [1.29, 1.82) is 0 Å². The van der Waals surface area contributed by atoms with E-state index in [0.717, 1.165) is 34.7 Å². The first-order valence-corrected chi connectivity index (χ1v) is 10.4. The highest BCUT2D eigenvalue weighted by atomic mass is 32.2. The molecule has 0 radical (unpaired) electrons. The van der Waals surface area contributed by atoms with E-state index in [9.17, 15) is 9.59 Å². The summed E-state index contributed by atoms with van der Waals surface area (Å²) >= 11 is 1.85. The Morgan fingerprint density at radius 1 is 1.26 bits per heavy atom. The van der Waals surface area contributed by atoms with Crippen molar-refractivity contribution in [3.63, 3.8) is 0 Å². The van der Waals surface area contributed by atoms with Gasteiger partial charge in [-0.1, -0.05) is 6.07 Å². The van der Waals surface area contributed by atoms with E-state index in [1.807, 2.05) is 57.7 Å². The second-order valence-corrected chi connectivity index (χ2v) is 8.38. The van der Waals surface area contributed by atoms with Gasteiger partial charge >= 0.3 is 0 Å². The van der Waals surface area contributed by atoms with E-state index in [0.29, 0.717) is 25.2 Å². The lowest BCUT2D eigenvalue weighted by Gasteiger charge is -2.39. The molecule has 0 N–H and O–H groups in total. The normalized spacial score (nSPS) is 17.0. The van der Waals surface area contributed by atoms with Crippen LogP contribution in [0.15, 0.2) is 47.5 Å². The van der Waals surface area contributed by atoms with Crippen LogP contribution in [0.25, 0.3) is 5.52 Å². The van der Waals surface area contributed by atoms with E-state index in [1.165, 1.54) is 0 Å². The third-order valence-electron chi connectivity index (χ3n) is 5.33. The molecule has 1 amide bonds. The van der Waals surface area contributed by atoms with Crippen LogP contribution in [0, 0.1) is 5.92 Å². The van der Waals surface area contributed by atoms with Gasteiger partial charge in [-0.3, -0.25) is 9.59 Å². The molecule has 0 aromatic carbocycles. The molecule has 3 aromatic rings. The topological polar surface area (TPSA) is 59.6 Å². The van der Waals surface area contributed by atoms with Crippen LogP contribution in [-0.2, 0) is 18.7 Å². The van der Waals surface area contributed by atoms with Gasteiger partial charge in [0.2, 0.25) is 0 Å². The molecule has 0 saturated carbocycles. The van der Waals surface area contributed by atoms with E-state index in [4.69, 9.17) is 0 Å². The molecule has 1 saturated heterocycles. The number of aromatic nitrogens is 3. The molecule has 2 aliphatic rings. The summed E-state index contributed by atoms with van der Waals surface area (Å²) in [6, 6.07) is 9.56. The first-order valence-electron chi connectivity index (χ1n) is 9.21. The summed E-state index contributed by atoms with van der Waals surface area (Å²) in [5, 5.41) is 4.58. The van der Waals surface area contributed by atoms with Crippen molar-refractivity contribution in [2.24, 2.45) is 5.92 Å². The minimum Gasteiger partial charge on any atom is -0.338 e. The van der Waals surface area contributed by atoms with Gasteiger partial charge in [-0.05, 0) is 29.5 Å². The van der Waals surface area contributed by atoms with Gasteiger partial charge in [0.05, 0.1) is 17.8 Å². The fourth-order valence-corrected chi connectivity index (χ4v) is 4.79. The molecule has 6 nitrogen and oxygen atoms in total. The van der Waals surface area contributed by atoms with Gasteiger partial charge in [0.1, 0.15) is 0 Å². The summed E-state index contributed by atoms with van der Waals surface area (Å²) < 4.78 is 3.55. The van der Waals surface area contributed by atoms with Gasteiger partial charge < -0.3 is 9.30 Å². The van der Waals surface area contributed by atoms with Crippen LogP contribution in [0.1, 0.15) is 21.6 Å². The predicted molar refractivity (Wildman–Crippen MR) is 105 cm³/mol. The van der Waals surface area contributed by atoms with Gasteiger partial charge in [0.15, 0.2) is 0 Å². The molecule has 5 rings (SSSR count). The summed E-state index contributed by atoms with van der Waals surface area (Å²) in [4.78, 5) is 26.8. The Morgan fingerprint density at radius 3 is 3.00 bits per heavy atom. The Bertz CT molecular complexity index is 1050. The smallest absolute Gasteiger partial charge is 0.267 e. The standard InChI is InChI=1S/C20H20N4O2S/c25-19-8-16-13-27-6-4-18(16)21-24(19)11-14-9-23(10-14)20(26)15-7-17-3-1-2-5-22(17)12-15/h1-3,5,7-8,12,14H,4,6,9-11,13H2. The lowest BCUT2D eigenvalue weighted by molar-refractivity contribution is 0.0458. The van der Waals surface area contributed by atoms with Crippen molar-refractivity contribution in [3.8, 4) is 0 Å². The van der Waals surface area contributed by atoms with E-state index in [-0.39, 0.29) is 17.4 Å². The van der Waals surface area contributed by atoms with E-state index >= 15 is 0 Å². The molecular weight excluding hydrogens is 360 g/mol. The SMILES string of the molecule is O=C(c1cc2ccccn2c1)N1CC(Cn2nc3c(cc2=O)CSCC3)C1. The molecule has 138 valence electrons. The Balaban J connectivity index is 1.26. The van der Waals surface area contributed by atoms with Crippen molar-refractivity contribution in [3.05, 3.63) is 69.9 Å². The van der Waals surface area contributed by atoms with Crippen molar-refractivity contribution in [2.45, 2.75) is 18.7 Å². The maximum atomic E-state index is 12.7. The molecule has 0 unspecified atom stereocenters. The molecule has 0 atom stereocenters. The molecule has 1 fully saturated rings. The molecule has 2 aliphatic heterocycles. The molecule has 0 bridgehead atoms. The number of pyridine rings is 1. The maximum absolute atomic E-state index is 12.7. The number of fused-ring (bicyclic) bond motifs is 2. The third-order valence-corrected chi connectivity index (χ3v) is 6.34. The maximum Gasteiger partial charge on any atom is 0.267 e. The Hall–Kier alpha value is -2.54. The van der Waals surface area contributed by atoms with Crippen molar-refractivity contribution >= 4 is 23.2 Å². The minimum absolute atomic E-state index is 0.0280. The molecule has 0 aliphatic carbocycles. The number of hydrogen-bond donors (Lipinski definition) is 0. The molecule has 7 heteroatoms. The van der Waals surface area contributed by atoms with Gasteiger partial charge in [-0.25, -0.2) is 4.68 Å². The fraction of sp³-hybridized carbons (Fsp3) is 0.350. The highest BCUT2D eigenvalue weighted by Crippen LogP contribution is 2.23. The van der Waals surface area contributed by atoms with Crippen LogP contribution in [-0.4, -0.2) is 43.8 Å². The molecule has 5 heterocycles. The Labute approximate surface area is 160 Å². The zero-order chi connectivity index (χ0) is 18.4. The highest BCUT2D eigenvalue weighted by molar-refractivity contribution is 7.98.